The summed E-state index contributed by atoms with van der Waals surface area (Å²) >= 11 is 0. The highest BCUT2D eigenvalue weighted by molar-refractivity contribution is 6.27. The Labute approximate surface area is 366 Å². The van der Waals surface area contributed by atoms with Gasteiger partial charge in [-0.25, -0.2) is 0 Å². The second-order valence-corrected chi connectivity index (χ2v) is 18.4. The fourth-order valence-corrected chi connectivity index (χ4v) is 11.1. The van der Waals surface area contributed by atoms with E-state index in [9.17, 15) is 0 Å². The van der Waals surface area contributed by atoms with Gasteiger partial charge in [0.1, 0.15) is 16.7 Å². The summed E-state index contributed by atoms with van der Waals surface area (Å²) in [7, 11) is 0. The van der Waals surface area contributed by atoms with Crippen LogP contribution >= 0.6 is 0 Å². The molecule has 63 heavy (non-hydrogen) atoms. The number of furan rings is 2. The minimum Gasteiger partial charge on any atom is -0.456 e. The largest absolute Gasteiger partial charge is 0.456 e. The highest BCUT2D eigenvalue weighted by Gasteiger charge is 2.38. The Morgan fingerprint density at radius 3 is 1.60 bits per heavy atom. The molecule has 0 N–H and O–H groups in total. The minimum atomic E-state index is -0.187. The maximum absolute atomic E-state index is 7.27. The first kappa shape index (κ1) is 36.1. The number of nitrogens with zero attached hydrogens (tertiary/aromatic N) is 1. The summed E-state index contributed by atoms with van der Waals surface area (Å²) in [5, 5.41) is 4.28. The Bertz CT molecular complexity index is 3680. The van der Waals surface area contributed by atoms with Crippen molar-refractivity contribution in [3.63, 3.8) is 0 Å². The summed E-state index contributed by atoms with van der Waals surface area (Å²) < 4.78 is 13.7. The molecule has 300 valence electrons. The van der Waals surface area contributed by atoms with Gasteiger partial charge >= 0.3 is 0 Å². The molecule has 13 rings (SSSR count). The lowest BCUT2D eigenvalue weighted by atomic mass is 9.81. The van der Waals surface area contributed by atoms with Crippen LogP contribution in [0.15, 0.2) is 197 Å². The van der Waals surface area contributed by atoms with E-state index in [0.717, 1.165) is 72.1 Å². The van der Waals surface area contributed by atoms with E-state index in [1.807, 2.05) is 6.07 Å². The second-order valence-electron chi connectivity index (χ2n) is 18.4. The highest BCUT2D eigenvalue weighted by Crippen LogP contribution is 2.55. The van der Waals surface area contributed by atoms with Gasteiger partial charge in [-0.15, -0.1) is 0 Å². The molecule has 0 aliphatic heterocycles. The highest BCUT2D eigenvalue weighted by atomic mass is 16.3. The molecule has 2 aliphatic carbocycles. The van der Waals surface area contributed by atoms with E-state index >= 15 is 0 Å². The van der Waals surface area contributed by atoms with Gasteiger partial charge in [0, 0.05) is 49.3 Å². The summed E-state index contributed by atoms with van der Waals surface area (Å²) in [6.07, 6.45) is 0. The first-order valence-electron chi connectivity index (χ1n) is 22.0. The standard InChI is InChI=1S/C60H43NO2/c1-59(2)48-19-11-8-16-42(48)44-28-24-38(34-50(44)59)41-30-31-47-56-54(33-32-53-55(56)46-18-10-13-21-52(46)62-53)63-58(47)57(41)61(39-25-22-37(23-26-39)36-14-6-5-7-15-36)40-27-29-45-43-17-9-12-20-49(43)60(3,4)51(45)35-40/h5-35H,1-4H3. The summed E-state index contributed by atoms with van der Waals surface area (Å²) in [5.41, 5.74) is 21.3. The lowest BCUT2D eigenvalue weighted by Gasteiger charge is -2.30. The van der Waals surface area contributed by atoms with E-state index in [1.54, 1.807) is 0 Å². The Morgan fingerprint density at radius 1 is 0.349 bits per heavy atom. The van der Waals surface area contributed by atoms with Crippen LogP contribution in [0.4, 0.5) is 17.1 Å². The quantitative estimate of drug-likeness (QED) is 0.173. The van der Waals surface area contributed by atoms with Crippen LogP contribution in [0.2, 0.25) is 0 Å². The van der Waals surface area contributed by atoms with Crippen LogP contribution in [0.5, 0.6) is 0 Å². The van der Waals surface area contributed by atoms with Crippen LogP contribution in [-0.4, -0.2) is 0 Å². The summed E-state index contributed by atoms with van der Waals surface area (Å²) in [6, 6.07) is 68.6. The molecular weight excluding hydrogens is 767 g/mol. The number of para-hydroxylation sites is 1. The molecule has 3 nitrogen and oxygen atoms in total. The van der Waals surface area contributed by atoms with Gasteiger partial charge in [0.05, 0.1) is 5.69 Å². The fourth-order valence-electron chi connectivity index (χ4n) is 11.1. The zero-order valence-corrected chi connectivity index (χ0v) is 35.7. The molecule has 3 heteroatoms. The van der Waals surface area contributed by atoms with Gasteiger partial charge in [-0.05, 0) is 116 Å². The third-order valence-corrected chi connectivity index (χ3v) is 14.3. The Hall–Kier alpha value is -7.62. The van der Waals surface area contributed by atoms with Crippen molar-refractivity contribution in [2.75, 3.05) is 4.90 Å². The van der Waals surface area contributed by atoms with Gasteiger partial charge in [-0.2, -0.15) is 0 Å². The monoisotopic (exact) mass is 809 g/mol. The van der Waals surface area contributed by atoms with Gasteiger partial charge in [-0.3, -0.25) is 0 Å². The number of benzene rings is 9. The lowest BCUT2D eigenvalue weighted by Crippen LogP contribution is -2.17. The van der Waals surface area contributed by atoms with Crippen LogP contribution in [0, 0.1) is 0 Å². The van der Waals surface area contributed by atoms with Crippen LogP contribution in [-0.2, 0) is 10.8 Å². The van der Waals surface area contributed by atoms with E-state index in [2.05, 4.69) is 215 Å². The second kappa shape index (κ2) is 13.0. The molecule has 2 aliphatic rings. The van der Waals surface area contributed by atoms with Crippen molar-refractivity contribution >= 4 is 60.9 Å². The van der Waals surface area contributed by atoms with Crippen molar-refractivity contribution in [2.45, 2.75) is 38.5 Å². The molecule has 0 amide bonds. The molecule has 0 fully saturated rings. The predicted molar refractivity (Wildman–Crippen MR) is 262 cm³/mol. The van der Waals surface area contributed by atoms with Crippen LogP contribution in [0.25, 0.3) is 88.4 Å². The number of anilines is 3. The molecule has 0 unspecified atom stereocenters. The zero-order valence-electron chi connectivity index (χ0n) is 35.7. The van der Waals surface area contributed by atoms with Crippen LogP contribution < -0.4 is 4.90 Å². The van der Waals surface area contributed by atoms with Crippen molar-refractivity contribution in [2.24, 2.45) is 0 Å². The molecule has 0 saturated carbocycles. The topological polar surface area (TPSA) is 29.5 Å². The Morgan fingerprint density at radius 2 is 0.873 bits per heavy atom. The van der Waals surface area contributed by atoms with Crippen LogP contribution in [0.1, 0.15) is 49.9 Å². The van der Waals surface area contributed by atoms with Crippen molar-refractivity contribution < 1.29 is 8.83 Å². The molecule has 9 aromatic carbocycles. The van der Waals surface area contributed by atoms with Gasteiger partial charge in [0.15, 0.2) is 5.58 Å². The summed E-state index contributed by atoms with van der Waals surface area (Å²) in [4.78, 5) is 2.45. The third kappa shape index (κ3) is 5.08. The summed E-state index contributed by atoms with van der Waals surface area (Å²) in [6.45, 7) is 9.43. The first-order chi connectivity index (χ1) is 30.8. The molecule has 0 radical (unpaired) electrons. The Balaban J connectivity index is 1.12. The van der Waals surface area contributed by atoms with Crippen molar-refractivity contribution in [3.05, 3.63) is 210 Å². The number of fused-ring (bicyclic) bond motifs is 13. The van der Waals surface area contributed by atoms with Crippen molar-refractivity contribution in [1.82, 2.24) is 0 Å². The number of hydrogen-bond donors (Lipinski definition) is 0. The minimum absolute atomic E-state index is 0.160. The van der Waals surface area contributed by atoms with Gasteiger partial charge < -0.3 is 13.7 Å². The average molecular weight is 810 g/mol. The third-order valence-electron chi connectivity index (χ3n) is 14.3. The van der Waals surface area contributed by atoms with Gasteiger partial charge in [0.25, 0.3) is 0 Å². The van der Waals surface area contributed by atoms with E-state index < -0.39 is 0 Å². The molecule has 2 aromatic heterocycles. The molecule has 0 atom stereocenters. The first-order valence-corrected chi connectivity index (χ1v) is 22.0. The molecule has 0 saturated heterocycles. The molecular formula is C60H43NO2. The molecule has 2 heterocycles. The SMILES string of the molecule is CC1(C)c2ccccc2-c2ccc(-c3ccc4c(oc5ccc6oc7ccccc7c6c54)c3N(c3ccc(-c4ccccc4)cc3)c3ccc4c(c3)C(C)(C)c3ccccc3-4)cc21. The maximum Gasteiger partial charge on any atom is 0.160 e. The predicted octanol–water partition coefficient (Wildman–Crippen LogP) is 16.9. The number of hydrogen-bond acceptors (Lipinski definition) is 3. The normalized spacial score (nSPS) is 14.3. The molecule has 11 aromatic rings. The van der Waals surface area contributed by atoms with Crippen molar-refractivity contribution in [1.29, 1.82) is 0 Å². The fraction of sp³-hybridized carbons (Fsp3) is 0.100. The molecule has 0 spiro atoms. The number of rotatable bonds is 5. The van der Waals surface area contributed by atoms with Gasteiger partial charge in [-0.1, -0.05) is 161 Å². The van der Waals surface area contributed by atoms with Gasteiger partial charge in [0.2, 0.25) is 0 Å². The maximum atomic E-state index is 7.27. The average Bonchev–Trinajstić information content (AvgIpc) is 4.02. The van der Waals surface area contributed by atoms with E-state index in [-0.39, 0.29) is 10.8 Å². The van der Waals surface area contributed by atoms with Crippen molar-refractivity contribution in [3.8, 4) is 44.5 Å². The zero-order chi connectivity index (χ0) is 42.2. The van der Waals surface area contributed by atoms with Crippen LogP contribution in [0.3, 0.4) is 0 Å². The van der Waals surface area contributed by atoms with E-state index in [1.165, 1.54) is 55.6 Å². The lowest BCUT2D eigenvalue weighted by molar-refractivity contribution is 0.660. The van der Waals surface area contributed by atoms with E-state index in [0.29, 0.717) is 0 Å². The smallest absolute Gasteiger partial charge is 0.160 e. The molecule has 0 bridgehead atoms. The summed E-state index contributed by atoms with van der Waals surface area (Å²) in [5.74, 6) is 0. The Kier molecular flexibility index (Phi) is 7.42. The van der Waals surface area contributed by atoms with E-state index in [4.69, 9.17) is 8.83 Å².